The number of para-hydroxylation sites is 1. The fraction of sp³-hybridized carbons (Fsp3) is 0.235. The van der Waals surface area contributed by atoms with Crippen molar-refractivity contribution in [1.82, 2.24) is 5.32 Å². The molecule has 0 saturated heterocycles. The molecular formula is C17H18N2O. The maximum absolute atomic E-state index is 12.1. The van der Waals surface area contributed by atoms with Crippen molar-refractivity contribution in [2.45, 2.75) is 19.0 Å². The zero-order chi connectivity index (χ0) is 13.9. The second-order valence-electron chi connectivity index (χ2n) is 5.13. The van der Waals surface area contributed by atoms with Gasteiger partial charge in [0.05, 0.1) is 0 Å². The molecule has 102 valence electrons. The average Bonchev–Trinajstić information content (AvgIpc) is 2.50. The lowest BCUT2D eigenvalue weighted by Gasteiger charge is -2.32. The van der Waals surface area contributed by atoms with Gasteiger partial charge < -0.3 is 10.2 Å². The Kier molecular flexibility index (Phi) is 3.52. The second-order valence-corrected chi connectivity index (χ2v) is 5.13. The molecule has 3 heteroatoms. The molecule has 2 aromatic rings. The van der Waals surface area contributed by atoms with E-state index in [0.717, 1.165) is 12.2 Å². The van der Waals surface area contributed by atoms with Crippen LogP contribution in [0.15, 0.2) is 54.6 Å². The molecule has 0 fully saturated rings. The van der Waals surface area contributed by atoms with Gasteiger partial charge in [0.15, 0.2) is 0 Å². The molecule has 2 aromatic carbocycles. The van der Waals surface area contributed by atoms with Crippen LogP contribution in [0, 0.1) is 0 Å². The molecule has 0 radical (unpaired) electrons. The Morgan fingerprint density at radius 3 is 2.60 bits per heavy atom. The van der Waals surface area contributed by atoms with Crippen molar-refractivity contribution in [2.75, 3.05) is 11.9 Å². The molecule has 1 aliphatic rings. The Bertz CT molecular complexity index is 609. The molecular weight excluding hydrogens is 248 g/mol. The van der Waals surface area contributed by atoms with Crippen LogP contribution in [0.4, 0.5) is 5.69 Å². The molecule has 0 spiro atoms. The molecule has 1 amide bonds. The molecule has 0 bridgehead atoms. The molecule has 3 rings (SSSR count). The molecule has 1 aliphatic heterocycles. The van der Waals surface area contributed by atoms with E-state index in [9.17, 15) is 4.79 Å². The molecule has 1 unspecified atom stereocenters. The highest BCUT2D eigenvalue weighted by Gasteiger charge is 2.28. The zero-order valence-corrected chi connectivity index (χ0v) is 11.5. The normalized spacial score (nSPS) is 17.9. The lowest BCUT2D eigenvalue weighted by Crippen LogP contribution is -2.37. The number of carbonyl (C=O) groups is 1. The van der Waals surface area contributed by atoms with Gasteiger partial charge in [-0.1, -0.05) is 48.5 Å². The highest BCUT2D eigenvalue weighted by atomic mass is 16.2. The zero-order valence-electron chi connectivity index (χ0n) is 11.5. The molecule has 0 aromatic heterocycles. The Morgan fingerprint density at radius 2 is 1.80 bits per heavy atom. The number of rotatable bonds is 3. The van der Waals surface area contributed by atoms with E-state index in [2.05, 4.69) is 23.5 Å². The summed E-state index contributed by atoms with van der Waals surface area (Å²) in [5, 5.41) is 3.50. The predicted molar refractivity (Wildman–Crippen MR) is 80.5 cm³/mol. The molecule has 3 nitrogen and oxygen atoms in total. The maximum Gasteiger partial charge on any atom is 0.228 e. The van der Waals surface area contributed by atoms with Gasteiger partial charge >= 0.3 is 0 Å². The number of anilines is 1. The highest BCUT2D eigenvalue weighted by molar-refractivity contribution is 5.96. The summed E-state index contributed by atoms with van der Waals surface area (Å²) in [5.74, 6) is 0.161. The number of nitrogens with one attached hydrogen (secondary N) is 1. The molecule has 1 atom stereocenters. The minimum atomic E-state index is 0.0927. The first-order chi connectivity index (χ1) is 9.75. The number of amides is 1. The highest BCUT2D eigenvalue weighted by Crippen LogP contribution is 2.33. The summed E-state index contributed by atoms with van der Waals surface area (Å²) in [5.41, 5.74) is 3.44. The van der Waals surface area contributed by atoms with E-state index >= 15 is 0 Å². The SMILES string of the molecule is CN1C(=O)CC(NCc2ccccc2)c2ccccc21. The van der Waals surface area contributed by atoms with Gasteiger partial charge in [0.25, 0.3) is 0 Å². The fourth-order valence-corrected chi connectivity index (χ4v) is 2.66. The minimum absolute atomic E-state index is 0.0927. The van der Waals surface area contributed by atoms with Gasteiger partial charge in [0.2, 0.25) is 5.91 Å². The fourth-order valence-electron chi connectivity index (χ4n) is 2.66. The van der Waals surface area contributed by atoms with E-state index in [1.807, 2.05) is 43.4 Å². The number of benzene rings is 2. The van der Waals surface area contributed by atoms with E-state index in [-0.39, 0.29) is 11.9 Å². The summed E-state index contributed by atoms with van der Waals surface area (Å²) >= 11 is 0. The van der Waals surface area contributed by atoms with Gasteiger partial charge in [0.1, 0.15) is 0 Å². The lowest BCUT2D eigenvalue weighted by molar-refractivity contribution is -0.119. The van der Waals surface area contributed by atoms with E-state index < -0.39 is 0 Å². The number of hydrogen-bond donors (Lipinski definition) is 1. The topological polar surface area (TPSA) is 32.3 Å². The first-order valence-electron chi connectivity index (χ1n) is 6.88. The monoisotopic (exact) mass is 266 g/mol. The van der Waals surface area contributed by atoms with Crippen molar-refractivity contribution < 1.29 is 4.79 Å². The third-order valence-electron chi connectivity index (χ3n) is 3.82. The molecule has 20 heavy (non-hydrogen) atoms. The summed E-state index contributed by atoms with van der Waals surface area (Å²) in [6, 6.07) is 18.5. The summed E-state index contributed by atoms with van der Waals surface area (Å²) in [7, 11) is 1.84. The van der Waals surface area contributed by atoms with Crippen LogP contribution in [0.1, 0.15) is 23.6 Å². The van der Waals surface area contributed by atoms with Crippen LogP contribution in [-0.2, 0) is 11.3 Å². The van der Waals surface area contributed by atoms with Crippen LogP contribution in [0.2, 0.25) is 0 Å². The van der Waals surface area contributed by atoms with E-state index in [1.54, 1.807) is 4.90 Å². The predicted octanol–water partition coefficient (Wildman–Crippen LogP) is 2.88. The van der Waals surface area contributed by atoms with Crippen molar-refractivity contribution in [1.29, 1.82) is 0 Å². The first kappa shape index (κ1) is 12.9. The van der Waals surface area contributed by atoms with E-state index in [1.165, 1.54) is 11.1 Å². The van der Waals surface area contributed by atoms with E-state index in [4.69, 9.17) is 0 Å². The summed E-state index contributed by atoms with van der Waals surface area (Å²) < 4.78 is 0. The summed E-state index contributed by atoms with van der Waals surface area (Å²) in [6.45, 7) is 0.775. The van der Waals surface area contributed by atoms with Gasteiger partial charge in [-0.05, 0) is 17.2 Å². The summed E-state index contributed by atoms with van der Waals surface area (Å²) in [4.78, 5) is 13.8. The van der Waals surface area contributed by atoms with Gasteiger partial charge in [-0.25, -0.2) is 0 Å². The molecule has 1 heterocycles. The van der Waals surface area contributed by atoms with Gasteiger partial charge in [-0.3, -0.25) is 4.79 Å². The second kappa shape index (κ2) is 5.47. The maximum atomic E-state index is 12.1. The Morgan fingerprint density at radius 1 is 1.10 bits per heavy atom. The largest absolute Gasteiger partial charge is 0.315 e. The standard InChI is InChI=1S/C17H18N2O/c1-19-16-10-6-5-9-14(16)15(11-17(19)20)18-12-13-7-3-2-4-8-13/h2-10,15,18H,11-12H2,1H3. The van der Waals surface area contributed by atoms with Crippen molar-refractivity contribution in [3.63, 3.8) is 0 Å². The third-order valence-corrected chi connectivity index (χ3v) is 3.82. The number of nitrogens with zero attached hydrogens (tertiary/aromatic N) is 1. The van der Waals surface area contributed by atoms with Crippen LogP contribution in [-0.4, -0.2) is 13.0 Å². The van der Waals surface area contributed by atoms with Crippen molar-refractivity contribution in [2.24, 2.45) is 0 Å². The lowest BCUT2D eigenvalue weighted by atomic mass is 9.96. The number of fused-ring (bicyclic) bond motifs is 1. The smallest absolute Gasteiger partial charge is 0.228 e. The quantitative estimate of drug-likeness (QED) is 0.926. The minimum Gasteiger partial charge on any atom is -0.315 e. The van der Waals surface area contributed by atoms with E-state index in [0.29, 0.717) is 6.42 Å². The number of hydrogen-bond acceptors (Lipinski definition) is 2. The molecule has 0 aliphatic carbocycles. The first-order valence-corrected chi connectivity index (χ1v) is 6.88. The Hall–Kier alpha value is -2.13. The van der Waals surface area contributed by atoms with Crippen LogP contribution in [0.5, 0.6) is 0 Å². The van der Waals surface area contributed by atoms with Gasteiger partial charge in [-0.15, -0.1) is 0 Å². The van der Waals surface area contributed by atoms with Crippen LogP contribution in [0.25, 0.3) is 0 Å². The van der Waals surface area contributed by atoms with Crippen LogP contribution in [0.3, 0.4) is 0 Å². The van der Waals surface area contributed by atoms with Crippen LogP contribution >= 0.6 is 0 Å². The van der Waals surface area contributed by atoms with Crippen molar-refractivity contribution >= 4 is 11.6 Å². The Balaban J connectivity index is 1.80. The summed E-state index contributed by atoms with van der Waals surface area (Å²) in [6.07, 6.45) is 0.514. The van der Waals surface area contributed by atoms with Gasteiger partial charge in [0, 0.05) is 31.7 Å². The third kappa shape index (κ3) is 2.45. The van der Waals surface area contributed by atoms with Crippen molar-refractivity contribution in [3.05, 3.63) is 65.7 Å². The average molecular weight is 266 g/mol. The van der Waals surface area contributed by atoms with Crippen LogP contribution < -0.4 is 10.2 Å². The van der Waals surface area contributed by atoms with Crippen molar-refractivity contribution in [3.8, 4) is 0 Å². The molecule has 0 saturated carbocycles. The van der Waals surface area contributed by atoms with Gasteiger partial charge in [-0.2, -0.15) is 0 Å². The Labute approximate surface area is 119 Å². The molecule has 1 N–H and O–H groups in total. The number of carbonyl (C=O) groups excluding carboxylic acids is 1.